The smallest absolute Gasteiger partial charge is 0.203 e. The molecule has 3 aromatic rings. The Kier molecular flexibility index (Phi) is 4.30. The number of aromatic nitrogens is 1. The van der Waals surface area contributed by atoms with E-state index in [0.29, 0.717) is 0 Å². The fraction of sp³-hybridized carbons (Fsp3) is 0.111. The van der Waals surface area contributed by atoms with Gasteiger partial charge in [-0.25, -0.2) is 4.98 Å². The van der Waals surface area contributed by atoms with E-state index in [4.69, 9.17) is 0 Å². The molecule has 1 N–H and O–H groups in total. The molecule has 1 heterocycles. The molecule has 0 spiro atoms. The fourth-order valence-electron chi connectivity index (χ4n) is 2.16. The second-order valence-corrected chi connectivity index (χ2v) is 6.00. The van der Waals surface area contributed by atoms with Crippen LogP contribution in [0.25, 0.3) is 11.3 Å². The Labute approximate surface area is 134 Å². The molecule has 0 amide bonds. The third-order valence-electron chi connectivity index (χ3n) is 3.35. The number of thiazole rings is 1. The minimum Gasteiger partial charge on any atom is -0.253 e. The standard InChI is InChI=1S/C18H17N3S/c1-13-8-9-14(2)16(10-13)17-12-22-18(20-17)21-19-11-15-6-4-3-5-7-15/h3-12H,1-2H3,(H,20,21). The summed E-state index contributed by atoms with van der Waals surface area (Å²) in [4.78, 5) is 4.61. The molecule has 3 rings (SSSR count). The van der Waals surface area contributed by atoms with E-state index in [1.807, 2.05) is 30.3 Å². The summed E-state index contributed by atoms with van der Waals surface area (Å²) in [6.07, 6.45) is 1.79. The highest BCUT2D eigenvalue weighted by atomic mass is 32.1. The van der Waals surface area contributed by atoms with Crippen molar-refractivity contribution < 1.29 is 0 Å². The number of aryl methyl sites for hydroxylation is 2. The maximum atomic E-state index is 4.61. The largest absolute Gasteiger partial charge is 0.253 e. The predicted molar refractivity (Wildman–Crippen MR) is 94.7 cm³/mol. The van der Waals surface area contributed by atoms with Gasteiger partial charge >= 0.3 is 0 Å². The summed E-state index contributed by atoms with van der Waals surface area (Å²) in [5, 5.41) is 7.08. The van der Waals surface area contributed by atoms with E-state index >= 15 is 0 Å². The van der Waals surface area contributed by atoms with E-state index < -0.39 is 0 Å². The molecule has 0 aliphatic heterocycles. The number of benzene rings is 2. The Bertz CT molecular complexity index is 791. The molecule has 0 radical (unpaired) electrons. The third-order valence-corrected chi connectivity index (χ3v) is 4.09. The van der Waals surface area contributed by atoms with Crippen molar-refractivity contribution in [3.05, 3.63) is 70.6 Å². The molecule has 3 nitrogen and oxygen atoms in total. The van der Waals surface area contributed by atoms with E-state index in [-0.39, 0.29) is 0 Å². The first-order valence-corrected chi connectivity index (χ1v) is 7.97. The van der Waals surface area contributed by atoms with Gasteiger partial charge in [-0.05, 0) is 31.0 Å². The molecular weight excluding hydrogens is 290 g/mol. The van der Waals surface area contributed by atoms with Gasteiger partial charge in [-0.15, -0.1) is 11.3 Å². The van der Waals surface area contributed by atoms with Gasteiger partial charge in [0.1, 0.15) is 0 Å². The second-order valence-electron chi connectivity index (χ2n) is 5.14. The Balaban J connectivity index is 1.74. The fourth-order valence-corrected chi connectivity index (χ4v) is 2.82. The number of rotatable bonds is 4. The van der Waals surface area contributed by atoms with Crippen LogP contribution in [0.3, 0.4) is 0 Å². The van der Waals surface area contributed by atoms with Crippen LogP contribution in [-0.2, 0) is 0 Å². The normalized spacial score (nSPS) is 11.0. The van der Waals surface area contributed by atoms with E-state index in [9.17, 15) is 0 Å². The molecule has 0 saturated heterocycles. The van der Waals surface area contributed by atoms with Gasteiger partial charge in [-0.1, -0.05) is 48.0 Å². The minimum atomic E-state index is 0.795. The summed E-state index contributed by atoms with van der Waals surface area (Å²) in [5.74, 6) is 0. The van der Waals surface area contributed by atoms with Crippen LogP contribution in [0.1, 0.15) is 16.7 Å². The average Bonchev–Trinajstić information content (AvgIpc) is 2.99. The van der Waals surface area contributed by atoms with E-state index in [1.54, 1.807) is 17.6 Å². The molecule has 0 atom stereocenters. The molecule has 2 aromatic carbocycles. The summed E-state index contributed by atoms with van der Waals surface area (Å²) in [6.45, 7) is 4.20. The van der Waals surface area contributed by atoms with Crippen LogP contribution in [0, 0.1) is 13.8 Å². The predicted octanol–water partition coefficient (Wildman–Crippen LogP) is 4.87. The quantitative estimate of drug-likeness (QED) is 0.551. The summed E-state index contributed by atoms with van der Waals surface area (Å²) in [5.41, 5.74) is 8.69. The molecule has 4 heteroatoms. The first-order valence-electron chi connectivity index (χ1n) is 7.09. The van der Waals surface area contributed by atoms with Crippen LogP contribution in [-0.4, -0.2) is 11.2 Å². The van der Waals surface area contributed by atoms with Crippen molar-refractivity contribution in [3.8, 4) is 11.3 Å². The third kappa shape index (κ3) is 3.40. The summed E-state index contributed by atoms with van der Waals surface area (Å²) in [6, 6.07) is 16.4. The van der Waals surface area contributed by atoms with Gasteiger partial charge < -0.3 is 0 Å². The lowest BCUT2D eigenvalue weighted by Crippen LogP contribution is -1.90. The van der Waals surface area contributed by atoms with Crippen LogP contribution in [0.4, 0.5) is 5.13 Å². The highest BCUT2D eigenvalue weighted by Gasteiger charge is 2.07. The average molecular weight is 307 g/mol. The molecule has 0 fully saturated rings. The lowest BCUT2D eigenvalue weighted by atomic mass is 10.0. The number of nitrogens with zero attached hydrogens (tertiary/aromatic N) is 2. The van der Waals surface area contributed by atoms with Gasteiger partial charge in [0.05, 0.1) is 11.9 Å². The number of hydrazone groups is 1. The van der Waals surface area contributed by atoms with Crippen molar-refractivity contribution in [3.63, 3.8) is 0 Å². The molecule has 0 unspecified atom stereocenters. The number of hydrogen-bond donors (Lipinski definition) is 1. The highest BCUT2D eigenvalue weighted by Crippen LogP contribution is 2.28. The van der Waals surface area contributed by atoms with Crippen LogP contribution < -0.4 is 5.43 Å². The molecule has 0 saturated carbocycles. The molecule has 1 aromatic heterocycles. The van der Waals surface area contributed by atoms with E-state index in [0.717, 1.165) is 16.4 Å². The van der Waals surface area contributed by atoms with Crippen molar-refractivity contribution in [1.29, 1.82) is 0 Å². The maximum Gasteiger partial charge on any atom is 0.203 e. The van der Waals surface area contributed by atoms with Gasteiger partial charge in [0.15, 0.2) is 0 Å². The van der Waals surface area contributed by atoms with Gasteiger partial charge in [-0.3, -0.25) is 5.43 Å². The zero-order chi connectivity index (χ0) is 15.4. The lowest BCUT2D eigenvalue weighted by Gasteiger charge is -2.03. The zero-order valence-electron chi connectivity index (χ0n) is 12.6. The first kappa shape index (κ1) is 14.5. The number of nitrogens with one attached hydrogen (secondary N) is 1. The molecule has 0 aliphatic carbocycles. The molecule has 0 aliphatic rings. The van der Waals surface area contributed by atoms with Crippen molar-refractivity contribution in [2.45, 2.75) is 13.8 Å². The summed E-state index contributed by atoms with van der Waals surface area (Å²) >= 11 is 1.56. The Morgan fingerprint density at radius 1 is 1.09 bits per heavy atom. The monoisotopic (exact) mass is 307 g/mol. The number of hydrogen-bond acceptors (Lipinski definition) is 4. The van der Waals surface area contributed by atoms with E-state index in [2.05, 4.69) is 52.9 Å². The van der Waals surface area contributed by atoms with Crippen molar-refractivity contribution in [1.82, 2.24) is 4.98 Å². The Hall–Kier alpha value is -2.46. The van der Waals surface area contributed by atoms with Gasteiger partial charge in [0.25, 0.3) is 0 Å². The van der Waals surface area contributed by atoms with Crippen molar-refractivity contribution in [2.24, 2.45) is 5.10 Å². The molecular formula is C18H17N3S. The van der Waals surface area contributed by atoms with Crippen LogP contribution in [0.5, 0.6) is 0 Å². The second kappa shape index (κ2) is 6.54. The van der Waals surface area contributed by atoms with Gasteiger partial charge in [0.2, 0.25) is 5.13 Å². The molecule has 22 heavy (non-hydrogen) atoms. The molecule has 0 bridgehead atoms. The summed E-state index contributed by atoms with van der Waals surface area (Å²) < 4.78 is 0. The van der Waals surface area contributed by atoms with E-state index in [1.165, 1.54) is 16.7 Å². The first-order chi connectivity index (χ1) is 10.7. The summed E-state index contributed by atoms with van der Waals surface area (Å²) in [7, 11) is 0. The zero-order valence-corrected chi connectivity index (χ0v) is 13.4. The van der Waals surface area contributed by atoms with Crippen LogP contribution in [0.15, 0.2) is 59.0 Å². The number of anilines is 1. The van der Waals surface area contributed by atoms with Crippen LogP contribution in [0.2, 0.25) is 0 Å². The Morgan fingerprint density at radius 3 is 2.73 bits per heavy atom. The Morgan fingerprint density at radius 2 is 1.91 bits per heavy atom. The minimum absolute atomic E-state index is 0.795. The van der Waals surface area contributed by atoms with Crippen molar-refractivity contribution >= 4 is 22.7 Å². The van der Waals surface area contributed by atoms with Crippen molar-refractivity contribution in [2.75, 3.05) is 5.43 Å². The lowest BCUT2D eigenvalue weighted by molar-refractivity contribution is 1.28. The van der Waals surface area contributed by atoms with Crippen LogP contribution >= 0.6 is 11.3 Å². The molecule has 110 valence electrons. The van der Waals surface area contributed by atoms with Gasteiger partial charge in [0, 0.05) is 10.9 Å². The highest BCUT2D eigenvalue weighted by molar-refractivity contribution is 7.14. The topological polar surface area (TPSA) is 37.3 Å². The SMILES string of the molecule is Cc1ccc(C)c(-c2csc(NN=Cc3ccccc3)n2)c1. The maximum absolute atomic E-state index is 4.61. The van der Waals surface area contributed by atoms with Gasteiger partial charge in [-0.2, -0.15) is 5.10 Å².